The summed E-state index contributed by atoms with van der Waals surface area (Å²) in [5.41, 5.74) is 2.03. The fourth-order valence-electron chi connectivity index (χ4n) is 2.71. The molecule has 0 aliphatic heterocycles. The van der Waals surface area contributed by atoms with Crippen LogP contribution in [0.1, 0.15) is 15.9 Å². The number of fused-ring (bicyclic) bond motifs is 1. The standard InChI is InChI=1S/C18H16N2O3/c1-19-15-8-4-2-6-12(15)10-20-11-14(18(22)23)17(21)13-7-3-5-9-16(13)20/h2-9,11,19H,10H2,1H3,(H,22,23). The number of rotatable bonds is 4. The van der Waals surface area contributed by atoms with Crippen LogP contribution in [0.3, 0.4) is 0 Å². The third-order valence-corrected chi connectivity index (χ3v) is 3.85. The van der Waals surface area contributed by atoms with Crippen molar-refractivity contribution in [2.45, 2.75) is 6.54 Å². The minimum Gasteiger partial charge on any atom is -0.477 e. The van der Waals surface area contributed by atoms with Crippen molar-refractivity contribution >= 4 is 22.6 Å². The van der Waals surface area contributed by atoms with E-state index in [-0.39, 0.29) is 5.56 Å². The molecule has 1 heterocycles. The van der Waals surface area contributed by atoms with Gasteiger partial charge >= 0.3 is 5.97 Å². The van der Waals surface area contributed by atoms with Gasteiger partial charge in [-0.05, 0) is 23.8 Å². The van der Waals surface area contributed by atoms with Crippen LogP contribution in [0.4, 0.5) is 5.69 Å². The number of hydrogen-bond acceptors (Lipinski definition) is 3. The Morgan fingerprint density at radius 1 is 1.13 bits per heavy atom. The molecule has 0 aliphatic carbocycles. The number of carbonyl (C=O) groups is 1. The van der Waals surface area contributed by atoms with Gasteiger partial charge in [0.25, 0.3) is 0 Å². The highest BCUT2D eigenvalue weighted by molar-refractivity contribution is 5.92. The van der Waals surface area contributed by atoms with Gasteiger partial charge in [-0.2, -0.15) is 0 Å². The van der Waals surface area contributed by atoms with E-state index >= 15 is 0 Å². The van der Waals surface area contributed by atoms with Crippen molar-refractivity contribution in [1.29, 1.82) is 0 Å². The van der Waals surface area contributed by atoms with Crippen LogP contribution in [-0.2, 0) is 6.54 Å². The number of nitrogens with one attached hydrogen (secondary N) is 1. The van der Waals surface area contributed by atoms with Gasteiger partial charge in [0.2, 0.25) is 5.43 Å². The summed E-state index contributed by atoms with van der Waals surface area (Å²) < 4.78 is 1.80. The number of benzene rings is 2. The molecule has 0 saturated carbocycles. The maximum absolute atomic E-state index is 12.3. The van der Waals surface area contributed by atoms with Crippen LogP contribution in [-0.4, -0.2) is 22.7 Å². The number of anilines is 1. The number of nitrogens with zero attached hydrogens (tertiary/aromatic N) is 1. The third kappa shape index (κ3) is 2.68. The summed E-state index contributed by atoms with van der Waals surface area (Å²) in [5.74, 6) is -1.21. The number of aromatic carboxylic acids is 1. The zero-order chi connectivity index (χ0) is 16.4. The molecule has 116 valence electrons. The maximum Gasteiger partial charge on any atom is 0.341 e. The van der Waals surface area contributed by atoms with Gasteiger partial charge in [-0.1, -0.05) is 30.3 Å². The van der Waals surface area contributed by atoms with Crippen LogP contribution in [0.2, 0.25) is 0 Å². The summed E-state index contributed by atoms with van der Waals surface area (Å²) in [6.45, 7) is 0.470. The van der Waals surface area contributed by atoms with Gasteiger partial charge in [0, 0.05) is 30.9 Å². The first-order valence-electron chi connectivity index (χ1n) is 7.23. The highest BCUT2D eigenvalue weighted by Gasteiger charge is 2.14. The molecule has 0 bridgehead atoms. The zero-order valence-electron chi connectivity index (χ0n) is 12.6. The Bertz CT molecular complexity index is 944. The van der Waals surface area contributed by atoms with Crippen LogP contribution in [0.15, 0.2) is 59.5 Å². The molecule has 0 saturated heterocycles. The highest BCUT2D eigenvalue weighted by atomic mass is 16.4. The molecule has 5 heteroatoms. The molecule has 0 radical (unpaired) electrons. The molecule has 1 aromatic heterocycles. The number of aromatic nitrogens is 1. The first kappa shape index (κ1) is 14.8. The number of pyridine rings is 1. The normalized spacial score (nSPS) is 10.7. The van der Waals surface area contributed by atoms with E-state index in [4.69, 9.17) is 0 Å². The fourth-order valence-corrected chi connectivity index (χ4v) is 2.71. The van der Waals surface area contributed by atoms with Crippen molar-refractivity contribution in [2.24, 2.45) is 0 Å². The molecule has 2 N–H and O–H groups in total. The Balaban J connectivity index is 2.23. The van der Waals surface area contributed by atoms with Crippen molar-refractivity contribution in [3.05, 3.63) is 76.1 Å². The molecule has 0 amide bonds. The Morgan fingerprint density at radius 2 is 1.83 bits per heavy atom. The monoisotopic (exact) mass is 308 g/mol. The minimum atomic E-state index is -1.21. The minimum absolute atomic E-state index is 0.217. The first-order valence-corrected chi connectivity index (χ1v) is 7.23. The Kier molecular flexibility index (Phi) is 3.85. The largest absolute Gasteiger partial charge is 0.477 e. The predicted molar refractivity (Wildman–Crippen MR) is 90.3 cm³/mol. The average Bonchev–Trinajstić information content (AvgIpc) is 2.57. The van der Waals surface area contributed by atoms with E-state index < -0.39 is 11.4 Å². The molecule has 3 aromatic rings. The van der Waals surface area contributed by atoms with Crippen molar-refractivity contribution < 1.29 is 9.90 Å². The van der Waals surface area contributed by atoms with Gasteiger partial charge in [0.15, 0.2) is 0 Å². The molecular formula is C18H16N2O3. The molecule has 23 heavy (non-hydrogen) atoms. The fraction of sp³-hybridized carbons (Fsp3) is 0.111. The summed E-state index contributed by atoms with van der Waals surface area (Å²) in [5, 5.41) is 12.8. The van der Waals surface area contributed by atoms with E-state index in [1.54, 1.807) is 16.7 Å². The van der Waals surface area contributed by atoms with Crippen molar-refractivity contribution in [1.82, 2.24) is 4.57 Å². The summed E-state index contributed by atoms with van der Waals surface area (Å²) in [6.07, 6.45) is 1.42. The zero-order valence-corrected chi connectivity index (χ0v) is 12.6. The van der Waals surface area contributed by atoms with Gasteiger partial charge in [-0.3, -0.25) is 4.79 Å². The summed E-state index contributed by atoms with van der Waals surface area (Å²) in [7, 11) is 1.84. The van der Waals surface area contributed by atoms with Crippen LogP contribution < -0.4 is 10.7 Å². The van der Waals surface area contributed by atoms with Gasteiger partial charge in [-0.15, -0.1) is 0 Å². The Hall–Kier alpha value is -3.08. The van der Waals surface area contributed by atoms with Crippen LogP contribution in [0.5, 0.6) is 0 Å². The topological polar surface area (TPSA) is 71.3 Å². The Labute approximate surface area is 132 Å². The van der Waals surface area contributed by atoms with Crippen molar-refractivity contribution in [3.8, 4) is 0 Å². The quantitative estimate of drug-likeness (QED) is 0.777. The maximum atomic E-state index is 12.3. The van der Waals surface area contributed by atoms with Crippen LogP contribution in [0, 0.1) is 0 Å². The molecule has 0 aliphatic rings. The summed E-state index contributed by atoms with van der Waals surface area (Å²) in [6, 6.07) is 14.8. The van der Waals surface area contributed by atoms with E-state index in [0.717, 1.165) is 11.3 Å². The van der Waals surface area contributed by atoms with Gasteiger partial charge in [0.1, 0.15) is 5.56 Å². The molecule has 0 unspecified atom stereocenters. The third-order valence-electron chi connectivity index (χ3n) is 3.85. The first-order chi connectivity index (χ1) is 11.1. The van der Waals surface area contributed by atoms with Gasteiger partial charge < -0.3 is 15.0 Å². The smallest absolute Gasteiger partial charge is 0.341 e. The average molecular weight is 308 g/mol. The van der Waals surface area contributed by atoms with Gasteiger partial charge in [-0.25, -0.2) is 4.79 Å². The van der Waals surface area contributed by atoms with Crippen LogP contribution >= 0.6 is 0 Å². The van der Waals surface area contributed by atoms with E-state index in [1.807, 2.05) is 43.4 Å². The Morgan fingerprint density at radius 3 is 2.57 bits per heavy atom. The van der Waals surface area contributed by atoms with Crippen LogP contribution in [0.25, 0.3) is 10.9 Å². The lowest BCUT2D eigenvalue weighted by Gasteiger charge is -2.15. The molecule has 0 spiro atoms. The molecule has 3 rings (SSSR count). The molecule has 0 fully saturated rings. The second-order valence-corrected chi connectivity index (χ2v) is 5.23. The molecule has 0 atom stereocenters. The van der Waals surface area contributed by atoms with E-state index in [1.165, 1.54) is 6.20 Å². The molecule has 5 nitrogen and oxygen atoms in total. The number of hydrogen-bond donors (Lipinski definition) is 2. The van der Waals surface area contributed by atoms with Gasteiger partial charge in [0.05, 0.1) is 5.52 Å². The van der Waals surface area contributed by atoms with E-state index in [2.05, 4.69) is 5.32 Å². The highest BCUT2D eigenvalue weighted by Crippen LogP contribution is 2.19. The number of carboxylic acid groups (broad SMARTS) is 1. The summed E-state index contributed by atoms with van der Waals surface area (Å²) in [4.78, 5) is 23.7. The number of para-hydroxylation sites is 2. The lowest BCUT2D eigenvalue weighted by Crippen LogP contribution is -2.19. The van der Waals surface area contributed by atoms with Crippen molar-refractivity contribution in [2.75, 3.05) is 12.4 Å². The SMILES string of the molecule is CNc1ccccc1Cn1cc(C(=O)O)c(=O)c2ccccc21. The molecular weight excluding hydrogens is 292 g/mol. The van der Waals surface area contributed by atoms with Crippen molar-refractivity contribution in [3.63, 3.8) is 0 Å². The number of carboxylic acids is 1. The lowest BCUT2D eigenvalue weighted by atomic mass is 10.1. The van der Waals surface area contributed by atoms with E-state index in [0.29, 0.717) is 17.4 Å². The lowest BCUT2D eigenvalue weighted by molar-refractivity contribution is 0.0695. The second kappa shape index (κ2) is 5.96. The summed E-state index contributed by atoms with van der Waals surface area (Å²) >= 11 is 0. The predicted octanol–water partition coefficient (Wildman–Crippen LogP) is 2.79. The second-order valence-electron chi connectivity index (χ2n) is 5.23. The molecule has 2 aromatic carbocycles. The van der Waals surface area contributed by atoms with E-state index in [9.17, 15) is 14.7 Å².